The van der Waals surface area contributed by atoms with Gasteiger partial charge in [-0.25, -0.2) is 14.4 Å². The number of halogens is 1. The van der Waals surface area contributed by atoms with Crippen LogP contribution >= 0.6 is 11.8 Å². The SMILES string of the molecule is CCNc1nc(CSc2cccc(F)c2)nc(CC)c1C. The lowest BCUT2D eigenvalue weighted by atomic mass is 10.2. The average Bonchev–Trinajstić information content (AvgIpc) is 2.48. The van der Waals surface area contributed by atoms with Crippen LogP contribution < -0.4 is 5.32 Å². The zero-order valence-corrected chi connectivity index (χ0v) is 13.4. The Kier molecular flexibility index (Phi) is 5.56. The van der Waals surface area contributed by atoms with Gasteiger partial charge >= 0.3 is 0 Å². The first-order valence-corrected chi connectivity index (χ1v) is 8.11. The first kappa shape index (κ1) is 15.8. The number of anilines is 1. The van der Waals surface area contributed by atoms with Gasteiger partial charge in [0, 0.05) is 22.7 Å². The maximum atomic E-state index is 13.2. The van der Waals surface area contributed by atoms with Crippen molar-refractivity contribution in [3.05, 3.63) is 47.2 Å². The summed E-state index contributed by atoms with van der Waals surface area (Å²) >= 11 is 1.55. The molecular weight excluding hydrogens is 285 g/mol. The maximum Gasteiger partial charge on any atom is 0.141 e. The molecule has 2 rings (SSSR count). The number of benzene rings is 1. The summed E-state index contributed by atoms with van der Waals surface area (Å²) in [6, 6.07) is 6.60. The van der Waals surface area contributed by atoms with Crippen molar-refractivity contribution in [1.82, 2.24) is 9.97 Å². The van der Waals surface area contributed by atoms with Crippen molar-refractivity contribution in [2.75, 3.05) is 11.9 Å². The Labute approximate surface area is 129 Å². The lowest BCUT2D eigenvalue weighted by Crippen LogP contribution is -2.08. The Bertz CT molecular complexity index is 616. The molecule has 0 bridgehead atoms. The predicted molar refractivity (Wildman–Crippen MR) is 86.3 cm³/mol. The van der Waals surface area contributed by atoms with Gasteiger partial charge in [-0.3, -0.25) is 0 Å². The van der Waals surface area contributed by atoms with E-state index < -0.39 is 0 Å². The minimum absolute atomic E-state index is 0.215. The van der Waals surface area contributed by atoms with Crippen LogP contribution in [-0.2, 0) is 12.2 Å². The predicted octanol–water partition coefficient (Wildman–Crippen LogP) is 4.21. The molecule has 21 heavy (non-hydrogen) atoms. The van der Waals surface area contributed by atoms with Crippen LogP contribution in [0.15, 0.2) is 29.2 Å². The van der Waals surface area contributed by atoms with Gasteiger partial charge in [0.25, 0.3) is 0 Å². The molecule has 112 valence electrons. The van der Waals surface area contributed by atoms with Crippen LogP contribution in [0.1, 0.15) is 30.9 Å². The van der Waals surface area contributed by atoms with Crippen molar-refractivity contribution in [2.24, 2.45) is 0 Å². The van der Waals surface area contributed by atoms with Gasteiger partial charge in [-0.2, -0.15) is 0 Å². The van der Waals surface area contributed by atoms with Crippen LogP contribution in [0.4, 0.5) is 10.2 Å². The molecule has 0 saturated heterocycles. The fourth-order valence-electron chi connectivity index (χ4n) is 2.07. The highest BCUT2D eigenvalue weighted by atomic mass is 32.2. The van der Waals surface area contributed by atoms with Gasteiger partial charge < -0.3 is 5.32 Å². The normalized spacial score (nSPS) is 10.7. The van der Waals surface area contributed by atoms with E-state index in [0.717, 1.165) is 40.8 Å². The number of thioether (sulfide) groups is 1. The van der Waals surface area contributed by atoms with E-state index in [2.05, 4.69) is 22.2 Å². The van der Waals surface area contributed by atoms with E-state index in [1.165, 1.54) is 12.1 Å². The van der Waals surface area contributed by atoms with Gasteiger partial charge in [0.05, 0.1) is 5.75 Å². The third kappa shape index (κ3) is 4.17. The van der Waals surface area contributed by atoms with E-state index in [9.17, 15) is 4.39 Å². The zero-order valence-electron chi connectivity index (χ0n) is 12.6. The molecule has 0 saturated carbocycles. The molecule has 1 N–H and O–H groups in total. The second-order valence-electron chi connectivity index (χ2n) is 4.69. The lowest BCUT2D eigenvalue weighted by Gasteiger charge is -2.12. The van der Waals surface area contributed by atoms with Crippen LogP contribution in [0, 0.1) is 12.7 Å². The molecule has 0 unspecified atom stereocenters. The Balaban J connectivity index is 2.17. The number of hydrogen-bond acceptors (Lipinski definition) is 4. The Hall–Kier alpha value is -1.62. The number of nitrogens with one attached hydrogen (secondary N) is 1. The van der Waals surface area contributed by atoms with Crippen molar-refractivity contribution in [1.29, 1.82) is 0 Å². The van der Waals surface area contributed by atoms with Crippen molar-refractivity contribution >= 4 is 17.6 Å². The molecule has 0 aliphatic heterocycles. The van der Waals surface area contributed by atoms with Gasteiger partial charge in [-0.1, -0.05) is 13.0 Å². The monoisotopic (exact) mass is 305 g/mol. The molecular formula is C16H20FN3S. The Morgan fingerprint density at radius 1 is 1.24 bits per heavy atom. The topological polar surface area (TPSA) is 37.8 Å². The highest BCUT2D eigenvalue weighted by Crippen LogP contribution is 2.24. The number of nitrogens with zero attached hydrogens (tertiary/aromatic N) is 2. The second kappa shape index (κ2) is 7.41. The standard InChI is InChI=1S/C16H20FN3S/c1-4-14-11(3)16(18-5-2)20-15(19-14)10-21-13-8-6-7-12(17)9-13/h6-9H,4-5,10H2,1-3H3,(H,18,19,20). The van der Waals surface area contributed by atoms with Crippen LogP contribution in [0.5, 0.6) is 0 Å². The minimum Gasteiger partial charge on any atom is -0.370 e. The van der Waals surface area contributed by atoms with Crippen molar-refractivity contribution in [2.45, 2.75) is 37.8 Å². The molecule has 3 nitrogen and oxygen atoms in total. The van der Waals surface area contributed by atoms with E-state index in [-0.39, 0.29) is 5.82 Å². The third-order valence-corrected chi connectivity index (χ3v) is 4.13. The highest BCUT2D eigenvalue weighted by molar-refractivity contribution is 7.98. The van der Waals surface area contributed by atoms with Crippen LogP contribution in [0.3, 0.4) is 0 Å². The van der Waals surface area contributed by atoms with Crippen molar-refractivity contribution < 1.29 is 4.39 Å². The first-order chi connectivity index (χ1) is 10.1. The van der Waals surface area contributed by atoms with E-state index in [4.69, 9.17) is 0 Å². The summed E-state index contributed by atoms with van der Waals surface area (Å²) in [5.41, 5.74) is 2.18. The summed E-state index contributed by atoms with van der Waals surface area (Å²) in [6.07, 6.45) is 0.879. The fourth-order valence-corrected chi connectivity index (χ4v) is 2.86. The van der Waals surface area contributed by atoms with E-state index in [0.29, 0.717) is 5.75 Å². The summed E-state index contributed by atoms with van der Waals surface area (Å²) in [4.78, 5) is 10.1. The number of aromatic nitrogens is 2. The van der Waals surface area contributed by atoms with Gasteiger partial charge in [0.2, 0.25) is 0 Å². The third-order valence-electron chi connectivity index (χ3n) is 3.14. The van der Waals surface area contributed by atoms with Gasteiger partial charge in [-0.05, 0) is 38.5 Å². The fraction of sp³-hybridized carbons (Fsp3) is 0.375. The van der Waals surface area contributed by atoms with Gasteiger partial charge in [0.15, 0.2) is 0 Å². The molecule has 0 radical (unpaired) electrons. The van der Waals surface area contributed by atoms with Crippen molar-refractivity contribution in [3.8, 4) is 0 Å². The molecule has 0 fully saturated rings. The smallest absolute Gasteiger partial charge is 0.141 e. The zero-order chi connectivity index (χ0) is 15.2. The van der Waals surface area contributed by atoms with E-state index in [1.807, 2.05) is 19.9 Å². The summed E-state index contributed by atoms with van der Waals surface area (Å²) in [5.74, 6) is 2.10. The van der Waals surface area contributed by atoms with Crippen molar-refractivity contribution in [3.63, 3.8) is 0 Å². The van der Waals surface area contributed by atoms with Gasteiger partial charge in [-0.15, -0.1) is 11.8 Å². The van der Waals surface area contributed by atoms with E-state index in [1.54, 1.807) is 17.8 Å². The molecule has 0 amide bonds. The molecule has 0 aliphatic carbocycles. The molecule has 0 atom stereocenters. The summed E-state index contributed by atoms with van der Waals surface area (Å²) in [6.45, 7) is 7.01. The highest BCUT2D eigenvalue weighted by Gasteiger charge is 2.09. The second-order valence-corrected chi connectivity index (χ2v) is 5.74. The van der Waals surface area contributed by atoms with Crippen LogP contribution in [0.25, 0.3) is 0 Å². The molecule has 0 aliphatic rings. The molecule has 1 aromatic carbocycles. The Morgan fingerprint density at radius 2 is 2.05 bits per heavy atom. The number of rotatable bonds is 6. The van der Waals surface area contributed by atoms with Gasteiger partial charge in [0.1, 0.15) is 17.5 Å². The largest absolute Gasteiger partial charge is 0.370 e. The van der Waals surface area contributed by atoms with E-state index >= 15 is 0 Å². The summed E-state index contributed by atoms with van der Waals surface area (Å²) in [7, 11) is 0. The molecule has 1 heterocycles. The molecule has 0 spiro atoms. The summed E-state index contributed by atoms with van der Waals surface area (Å²) in [5, 5.41) is 3.28. The first-order valence-electron chi connectivity index (χ1n) is 7.12. The minimum atomic E-state index is -0.215. The average molecular weight is 305 g/mol. The number of aryl methyl sites for hydroxylation is 1. The lowest BCUT2D eigenvalue weighted by molar-refractivity contribution is 0.624. The molecule has 1 aromatic heterocycles. The van der Waals surface area contributed by atoms with Crippen LogP contribution in [-0.4, -0.2) is 16.5 Å². The maximum absolute atomic E-state index is 13.2. The molecule has 5 heteroatoms. The molecule has 2 aromatic rings. The van der Waals surface area contributed by atoms with Crippen LogP contribution in [0.2, 0.25) is 0 Å². The quantitative estimate of drug-likeness (QED) is 0.811. The Morgan fingerprint density at radius 3 is 2.71 bits per heavy atom. The summed E-state index contributed by atoms with van der Waals surface area (Å²) < 4.78 is 13.2. The number of hydrogen-bond donors (Lipinski definition) is 1.